The van der Waals surface area contributed by atoms with Crippen molar-refractivity contribution < 1.29 is 8.78 Å². The molecule has 0 N–H and O–H groups in total. The Kier molecular flexibility index (Phi) is 3.83. The summed E-state index contributed by atoms with van der Waals surface area (Å²) in [6.45, 7) is 1.67. The van der Waals surface area contributed by atoms with Gasteiger partial charge in [-0.05, 0) is 18.6 Å². The van der Waals surface area contributed by atoms with Crippen molar-refractivity contribution in [3.8, 4) is 17.9 Å². The van der Waals surface area contributed by atoms with Crippen LogP contribution in [0.15, 0.2) is 12.1 Å². The zero-order chi connectivity index (χ0) is 11.3. The molecule has 0 spiro atoms. The lowest BCUT2D eigenvalue weighted by Crippen LogP contribution is -1.99. The third kappa shape index (κ3) is 2.54. The Labute approximate surface area is 87.3 Å². The molecule has 0 saturated heterocycles. The van der Waals surface area contributed by atoms with Gasteiger partial charge in [-0.3, -0.25) is 0 Å². The minimum Gasteiger partial charge on any atom is -0.204 e. The van der Waals surface area contributed by atoms with Gasteiger partial charge >= 0.3 is 0 Å². The molecular formula is C12H9F2N. The first-order chi connectivity index (χ1) is 7.20. The summed E-state index contributed by atoms with van der Waals surface area (Å²) in [6, 6.07) is 4.34. The Balaban J connectivity index is 3.19. The lowest BCUT2D eigenvalue weighted by Gasteiger charge is -2.05. The van der Waals surface area contributed by atoms with E-state index in [9.17, 15) is 8.78 Å². The summed E-state index contributed by atoms with van der Waals surface area (Å²) in [7, 11) is 0. The average Bonchev–Trinajstić information content (AvgIpc) is 2.24. The second-order valence-electron chi connectivity index (χ2n) is 2.94. The molecule has 76 valence electrons. The molecule has 1 rings (SSSR count). The van der Waals surface area contributed by atoms with Crippen molar-refractivity contribution in [2.45, 2.75) is 19.8 Å². The van der Waals surface area contributed by atoms with Crippen LogP contribution in [0.1, 0.15) is 18.1 Å². The second kappa shape index (κ2) is 5.12. The quantitative estimate of drug-likeness (QED) is 0.681. The molecule has 0 atom stereocenters. The minimum absolute atomic E-state index is 0.111. The summed E-state index contributed by atoms with van der Waals surface area (Å²) in [4.78, 5) is 0. The summed E-state index contributed by atoms with van der Waals surface area (Å²) in [5, 5.41) is 8.51. The maximum absolute atomic E-state index is 13.3. The number of hydrogen-bond donors (Lipinski definition) is 0. The Morgan fingerprint density at radius 1 is 1.27 bits per heavy atom. The molecule has 0 aliphatic carbocycles. The van der Waals surface area contributed by atoms with Gasteiger partial charge < -0.3 is 0 Å². The Morgan fingerprint density at radius 3 is 2.60 bits per heavy atom. The first-order valence-corrected chi connectivity index (χ1v) is 4.43. The summed E-state index contributed by atoms with van der Waals surface area (Å²) in [5.74, 6) is 3.57. The SMILES string of the molecule is CC#CCc1ccc(F)c(F)c1CC#N. The molecule has 1 aromatic rings. The van der Waals surface area contributed by atoms with Crippen LogP contribution in [0.25, 0.3) is 0 Å². The number of benzene rings is 1. The van der Waals surface area contributed by atoms with Crippen molar-refractivity contribution in [3.05, 3.63) is 34.9 Å². The van der Waals surface area contributed by atoms with E-state index < -0.39 is 11.6 Å². The smallest absolute Gasteiger partial charge is 0.163 e. The lowest BCUT2D eigenvalue weighted by molar-refractivity contribution is 0.500. The van der Waals surface area contributed by atoms with E-state index in [1.165, 1.54) is 6.07 Å². The van der Waals surface area contributed by atoms with Crippen LogP contribution in [0.3, 0.4) is 0 Å². The topological polar surface area (TPSA) is 23.8 Å². The van der Waals surface area contributed by atoms with E-state index in [1.54, 1.807) is 6.92 Å². The van der Waals surface area contributed by atoms with Crippen LogP contribution in [0.5, 0.6) is 0 Å². The highest BCUT2D eigenvalue weighted by atomic mass is 19.2. The minimum atomic E-state index is -0.938. The van der Waals surface area contributed by atoms with Gasteiger partial charge in [-0.2, -0.15) is 5.26 Å². The molecule has 0 saturated carbocycles. The Hall–Kier alpha value is -1.87. The number of halogens is 2. The van der Waals surface area contributed by atoms with Crippen LogP contribution in [0.4, 0.5) is 8.78 Å². The second-order valence-corrected chi connectivity index (χ2v) is 2.94. The van der Waals surface area contributed by atoms with E-state index in [4.69, 9.17) is 5.26 Å². The Bertz CT molecular complexity index is 461. The van der Waals surface area contributed by atoms with Gasteiger partial charge in [0, 0.05) is 12.0 Å². The van der Waals surface area contributed by atoms with Crippen LogP contribution in [0, 0.1) is 34.8 Å². The molecule has 3 heteroatoms. The third-order valence-corrected chi connectivity index (χ3v) is 2.00. The van der Waals surface area contributed by atoms with E-state index in [2.05, 4.69) is 11.8 Å². The number of hydrogen-bond acceptors (Lipinski definition) is 1. The molecule has 0 unspecified atom stereocenters. The highest BCUT2D eigenvalue weighted by Gasteiger charge is 2.12. The van der Waals surface area contributed by atoms with Crippen molar-refractivity contribution in [3.63, 3.8) is 0 Å². The summed E-state index contributed by atoms with van der Waals surface area (Å²) < 4.78 is 26.2. The average molecular weight is 205 g/mol. The van der Waals surface area contributed by atoms with Gasteiger partial charge in [0.2, 0.25) is 0 Å². The summed E-state index contributed by atoms with van der Waals surface area (Å²) in [5.41, 5.74) is 0.685. The maximum Gasteiger partial charge on any atom is 0.163 e. The van der Waals surface area contributed by atoms with Gasteiger partial charge in [0.15, 0.2) is 11.6 Å². The summed E-state index contributed by atoms with van der Waals surface area (Å²) >= 11 is 0. The molecule has 0 bridgehead atoms. The Morgan fingerprint density at radius 2 is 2.00 bits per heavy atom. The molecule has 0 heterocycles. The highest BCUT2D eigenvalue weighted by molar-refractivity contribution is 5.34. The predicted octanol–water partition coefficient (Wildman–Crippen LogP) is 2.60. The molecular weight excluding hydrogens is 196 g/mol. The first kappa shape index (κ1) is 11.2. The van der Waals surface area contributed by atoms with Crippen LogP contribution in [-0.2, 0) is 12.8 Å². The molecule has 0 amide bonds. The standard InChI is InChI=1S/C12H9F2N/c1-2-3-4-9-5-6-11(13)12(14)10(9)7-8-15/h5-6H,4,7H2,1H3. The third-order valence-electron chi connectivity index (χ3n) is 2.00. The molecule has 0 aliphatic rings. The van der Waals surface area contributed by atoms with Gasteiger partial charge in [0.25, 0.3) is 0 Å². The molecule has 0 aromatic heterocycles. The van der Waals surface area contributed by atoms with Crippen LogP contribution in [-0.4, -0.2) is 0 Å². The fourth-order valence-corrected chi connectivity index (χ4v) is 1.25. The van der Waals surface area contributed by atoms with E-state index in [0.29, 0.717) is 12.0 Å². The largest absolute Gasteiger partial charge is 0.204 e. The van der Waals surface area contributed by atoms with Gasteiger partial charge in [0.05, 0.1) is 12.5 Å². The normalized spacial score (nSPS) is 8.93. The van der Waals surface area contributed by atoms with E-state index >= 15 is 0 Å². The van der Waals surface area contributed by atoms with Crippen LogP contribution in [0.2, 0.25) is 0 Å². The lowest BCUT2D eigenvalue weighted by atomic mass is 10.0. The van der Waals surface area contributed by atoms with E-state index in [-0.39, 0.29) is 12.0 Å². The monoisotopic (exact) mass is 205 g/mol. The first-order valence-electron chi connectivity index (χ1n) is 4.43. The predicted molar refractivity (Wildman–Crippen MR) is 52.8 cm³/mol. The van der Waals surface area contributed by atoms with Crippen LogP contribution < -0.4 is 0 Å². The summed E-state index contributed by atoms with van der Waals surface area (Å²) in [6.07, 6.45) is 0.203. The number of nitriles is 1. The van der Waals surface area contributed by atoms with Gasteiger partial charge in [-0.1, -0.05) is 12.0 Å². The van der Waals surface area contributed by atoms with Gasteiger partial charge in [0.1, 0.15) is 0 Å². The van der Waals surface area contributed by atoms with Crippen molar-refractivity contribution >= 4 is 0 Å². The highest BCUT2D eigenvalue weighted by Crippen LogP contribution is 2.17. The van der Waals surface area contributed by atoms with Crippen LogP contribution >= 0.6 is 0 Å². The van der Waals surface area contributed by atoms with Crippen molar-refractivity contribution in [2.24, 2.45) is 0 Å². The van der Waals surface area contributed by atoms with E-state index in [1.807, 2.05) is 6.07 Å². The fourth-order valence-electron chi connectivity index (χ4n) is 1.25. The molecule has 0 aliphatic heterocycles. The molecule has 1 nitrogen and oxygen atoms in total. The zero-order valence-corrected chi connectivity index (χ0v) is 8.27. The van der Waals surface area contributed by atoms with Crippen molar-refractivity contribution in [2.75, 3.05) is 0 Å². The zero-order valence-electron chi connectivity index (χ0n) is 8.27. The van der Waals surface area contributed by atoms with Crippen molar-refractivity contribution in [1.82, 2.24) is 0 Å². The van der Waals surface area contributed by atoms with E-state index in [0.717, 1.165) is 6.07 Å². The van der Waals surface area contributed by atoms with Crippen molar-refractivity contribution in [1.29, 1.82) is 5.26 Å². The molecule has 0 radical (unpaired) electrons. The number of nitrogens with zero attached hydrogens (tertiary/aromatic N) is 1. The molecule has 15 heavy (non-hydrogen) atoms. The molecule has 1 aromatic carbocycles. The maximum atomic E-state index is 13.3. The number of rotatable bonds is 2. The van der Waals surface area contributed by atoms with Gasteiger partial charge in [-0.25, -0.2) is 8.78 Å². The van der Waals surface area contributed by atoms with Gasteiger partial charge in [-0.15, -0.1) is 5.92 Å². The fraction of sp³-hybridized carbons (Fsp3) is 0.250. The molecule has 0 fully saturated rings.